The molecule has 0 bridgehead atoms. The summed E-state index contributed by atoms with van der Waals surface area (Å²) in [6, 6.07) is 5.68. The number of aryl methyl sites for hydroxylation is 1. The summed E-state index contributed by atoms with van der Waals surface area (Å²) in [6.45, 7) is 4.89. The van der Waals surface area contributed by atoms with Gasteiger partial charge < -0.3 is 4.57 Å². The van der Waals surface area contributed by atoms with E-state index in [1.165, 1.54) is 0 Å². The molecule has 3 nitrogen and oxygen atoms in total. The van der Waals surface area contributed by atoms with Crippen molar-refractivity contribution in [1.29, 1.82) is 0 Å². The molecular formula is C13H14ClN2O. The fourth-order valence-corrected chi connectivity index (χ4v) is 2.49. The van der Waals surface area contributed by atoms with Gasteiger partial charge in [-0.25, -0.2) is 0 Å². The smallest absolute Gasteiger partial charge is 0.242 e. The Morgan fingerprint density at radius 1 is 1.47 bits per heavy atom. The first-order chi connectivity index (χ1) is 8.04. The molecule has 17 heavy (non-hydrogen) atoms. The molecule has 2 aromatic rings. The van der Waals surface area contributed by atoms with Gasteiger partial charge in [0.25, 0.3) is 0 Å². The molecule has 0 spiro atoms. The van der Waals surface area contributed by atoms with E-state index in [1.807, 2.05) is 25.1 Å². The largest absolute Gasteiger partial charge is 0.345 e. The van der Waals surface area contributed by atoms with Crippen LogP contribution in [-0.2, 0) is 17.8 Å². The van der Waals surface area contributed by atoms with Gasteiger partial charge in [-0.05, 0) is 37.6 Å². The first-order valence-electron chi connectivity index (χ1n) is 5.56. The van der Waals surface area contributed by atoms with Crippen LogP contribution in [0.25, 0.3) is 10.9 Å². The Labute approximate surface area is 105 Å². The Balaban J connectivity index is 2.75. The molecule has 0 unspecified atom stereocenters. The Morgan fingerprint density at radius 3 is 2.76 bits per heavy atom. The molecule has 89 valence electrons. The molecule has 2 rings (SSSR count). The van der Waals surface area contributed by atoms with Crippen molar-refractivity contribution in [2.75, 3.05) is 0 Å². The Morgan fingerprint density at radius 2 is 2.18 bits per heavy atom. The maximum absolute atomic E-state index is 11.0. The Kier molecular flexibility index (Phi) is 3.11. The van der Waals surface area contributed by atoms with Crippen molar-refractivity contribution in [3.05, 3.63) is 34.5 Å². The molecule has 1 heterocycles. The lowest BCUT2D eigenvalue weighted by Crippen LogP contribution is -2.04. The second kappa shape index (κ2) is 4.41. The number of aromatic nitrogens is 1. The summed E-state index contributed by atoms with van der Waals surface area (Å²) in [5, 5.41) is 1.64. The molecule has 0 saturated carbocycles. The Bertz CT molecular complexity index is 587. The van der Waals surface area contributed by atoms with Gasteiger partial charge in [0, 0.05) is 28.2 Å². The van der Waals surface area contributed by atoms with Crippen molar-refractivity contribution in [2.24, 2.45) is 0 Å². The van der Waals surface area contributed by atoms with E-state index in [0.29, 0.717) is 5.02 Å². The minimum Gasteiger partial charge on any atom is -0.345 e. The van der Waals surface area contributed by atoms with E-state index in [2.05, 4.69) is 11.5 Å². The highest BCUT2D eigenvalue weighted by atomic mass is 35.5. The molecule has 1 radical (unpaired) electrons. The zero-order chi connectivity index (χ0) is 12.6. The van der Waals surface area contributed by atoms with E-state index in [9.17, 15) is 4.79 Å². The molecular weight excluding hydrogens is 236 g/mol. The number of amides is 1. The monoisotopic (exact) mass is 249 g/mol. The van der Waals surface area contributed by atoms with E-state index >= 15 is 0 Å². The highest BCUT2D eigenvalue weighted by Crippen LogP contribution is 2.28. The summed E-state index contributed by atoms with van der Waals surface area (Å²) in [6.07, 6.45) is 0.148. The van der Waals surface area contributed by atoms with Crippen LogP contribution in [-0.4, -0.2) is 10.5 Å². The second-order valence-corrected chi connectivity index (χ2v) is 4.51. The van der Waals surface area contributed by atoms with Gasteiger partial charge in [-0.2, -0.15) is 0 Å². The van der Waals surface area contributed by atoms with E-state index < -0.39 is 5.91 Å². The number of carbonyl (C=O) groups excluding carboxylic acids is 1. The third-order valence-corrected chi connectivity index (χ3v) is 3.30. The summed E-state index contributed by atoms with van der Waals surface area (Å²) in [5.41, 5.74) is 10.2. The van der Waals surface area contributed by atoms with Crippen LogP contribution in [0.1, 0.15) is 18.2 Å². The predicted octanol–water partition coefficient (Wildman–Crippen LogP) is 2.98. The number of nitrogens with zero attached hydrogens (tertiary/aromatic N) is 1. The van der Waals surface area contributed by atoms with Gasteiger partial charge in [-0.3, -0.25) is 10.5 Å². The van der Waals surface area contributed by atoms with Crippen molar-refractivity contribution in [1.82, 2.24) is 10.3 Å². The molecule has 0 fully saturated rings. The number of hydrogen-bond acceptors (Lipinski definition) is 1. The third-order valence-electron chi connectivity index (χ3n) is 3.07. The van der Waals surface area contributed by atoms with Gasteiger partial charge >= 0.3 is 0 Å². The van der Waals surface area contributed by atoms with Gasteiger partial charge in [0.05, 0.1) is 6.42 Å². The van der Waals surface area contributed by atoms with Crippen molar-refractivity contribution in [2.45, 2.75) is 26.8 Å². The normalized spacial score (nSPS) is 11.0. The standard InChI is InChI=1S/C13H14ClN2O/c1-3-16-8(2)10(7-13(15)17)11-6-9(14)4-5-12(11)16/h4-6,15H,3,7H2,1-2H3. The van der Waals surface area contributed by atoms with Crippen molar-refractivity contribution in [3.63, 3.8) is 0 Å². The fourth-order valence-electron chi connectivity index (χ4n) is 2.32. The minimum atomic E-state index is -0.566. The van der Waals surface area contributed by atoms with Crippen molar-refractivity contribution in [3.8, 4) is 0 Å². The van der Waals surface area contributed by atoms with E-state index in [0.717, 1.165) is 28.7 Å². The number of benzene rings is 1. The maximum atomic E-state index is 11.0. The SMILES string of the molecule is CCn1c(C)c(CC([NH])=O)c2cc(Cl)ccc21. The molecule has 0 aliphatic carbocycles. The van der Waals surface area contributed by atoms with Crippen LogP contribution in [0.3, 0.4) is 0 Å². The van der Waals surface area contributed by atoms with Crippen LogP contribution in [0.2, 0.25) is 5.02 Å². The molecule has 1 N–H and O–H groups in total. The van der Waals surface area contributed by atoms with Crippen LogP contribution in [0.15, 0.2) is 18.2 Å². The number of fused-ring (bicyclic) bond motifs is 1. The highest BCUT2D eigenvalue weighted by molar-refractivity contribution is 6.31. The number of nitrogens with one attached hydrogen (secondary N) is 1. The molecule has 1 amide bonds. The van der Waals surface area contributed by atoms with E-state index in [-0.39, 0.29) is 6.42 Å². The van der Waals surface area contributed by atoms with Crippen molar-refractivity contribution >= 4 is 28.4 Å². The van der Waals surface area contributed by atoms with Crippen LogP contribution < -0.4 is 5.73 Å². The lowest BCUT2D eigenvalue weighted by molar-refractivity contribution is -0.118. The number of carbonyl (C=O) groups is 1. The third kappa shape index (κ3) is 2.03. The van der Waals surface area contributed by atoms with Gasteiger partial charge in [0.2, 0.25) is 5.91 Å². The lowest BCUT2D eigenvalue weighted by Gasteiger charge is -2.03. The fraction of sp³-hybridized carbons (Fsp3) is 0.308. The molecule has 1 aromatic heterocycles. The molecule has 0 aliphatic heterocycles. The topological polar surface area (TPSA) is 45.8 Å². The second-order valence-electron chi connectivity index (χ2n) is 4.07. The summed E-state index contributed by atoms with van der Waals surface area (Å²) < 4.78 is 2.14. The quantitative estimate of drug-likeness (QED) is 0.825. The number of rotatable bonds is 3. The molecule has 0 saturated heterocycles. The summed E-state index contributed by atoms with van der Waals surface area (Å²) in [7, 11) is 0. The van der Waals surface area contributed by atoms with Gasteiger partial charge in [-0.15, -0.1) is 0 Å². The highest BCUT2D eigenvalue weighted by Gasteiger charge is 2.15. The molecule has 0 atom stereocenters. The average molecular weight is 250 g/mol. The first-order valence-corrected chi connectivity index (χ1v) is 5.94. The average Bonchev–Trinajstić information content (AvgIpc) is 2.51. The molecule has 0 aliphatic rings. The van der Waals surface area contributed by atoms with Crippen LogP contribution in [0, 0.1) is 6.92 Å². The molecule has 4 heteroatoms. The van der Waals surface area contributed by atoms with Crippen molar-refractivity contribution < 1.29 is 4.79 Å². The van der Waals surface area contributed by atoms with E-state index in [1.54, 1.807) is 0 Å². The summed E-state index contributed by atoms with van der Waals surface area (Å²) in [4.78, 5) is 11.0. The van der Waals surface area contributed by atoms with Crippen LogP contribution >= 0.6 is 11.6 Å². The Hall–Kier alpha value is -1.48. The van der Waals surface area contributed by atoms with Crippen LogP contribution in [0.5, 0.6) is 0 Å². The summed E-state index contributed by atoms with van der Waals surface area (Å²) in [5.74, 6) is -0.566. The predicted molar refractivity (Wildman–Crippen MR) is 69.2 cm³/mol. The van der Waals surface area contributed by atoms with E-state index in [4.69, 9.17) is 17.3 Å². The van der Waals surface area contributed by atoms with Gasteiger partial charge in [-0.1, -0.05) is 11.6 Å². The van der Waals surface area contributed by atoms with Crippen LogP contribution in [0.4, 0.5) is 0 Å². The minimum absolute atomic E-state index is 0.148. The first kappa shape index (κ1) is 12.0. The lowest BCUT2D eigenvalue weighted by atomic mass is 10.1. The van der Waals surface area contributed by atoms with Gasteiger partial charge in [0.1, 0.15) is 0 Å². The zero-order valence-electron chi connectivity index (χ0n) is 9.88. The number of hydrogen-bond donors (Lipinski definition) is 0. The maximum Gasteiger partial charge on any atom is 0.242 e. The number of halogens is 1. The summed E-state index contributed by atoms with van der Waals surface area (Å²) >= 11 is 5.99. The van der Waals surface area contributed by atoms with Gasteiger partial charge in [0.15, 0.2) is 0 Å². The molecule has 1 aromatic carbocycles. The zero-order valence-corrected chi connectivity index (χ0v) is 10.6.